The third-order valence-electron chi connectivity index (χ3n) is 2.47. The molecule has 0 fully saturated rings. The summed E-state index contributed by atoms with van der Waals surface area (Å²) in [5.74, 6) is 1.11. The second-order valence-corrected chi connectivity index (χ2v) is 4.77. The Balaban J connectivity index is 2.18. The predicted octanol–water partition coefficient (Wildman–Crippen LogP) is 2.42. The Bertz CT molecular complexity index is 343. The largest absolute Gasteiger partial charge is 0.383 e. The molecular weight excluding hydrogens is 208 g/mol. The molecule has 3 nitrogen and oxygen atoms in total. The number of fused-ring (bicyclic) bond motifs is 1. The van der Waals surface area contributed by atoms with Crippen molar-refractivity contribution in [3.05, 3.63) is 23.8 Å². The molecule has 1 heterocycles. The molecule has 0 aromatic heterocycles. The lowest BCUT2D eigenvalue weighted by atomic mass is 10.1. The van der Waals surface area contributed by atoms with Gasteiger partial charge in [0.15, 0.2) is 0 Å². The summed E-state index contributed by atoms with van der Waals surface area (Å²) in [6, 6.07) is 6.82. The number of hydrogen-bond donors (Lipinski definition) is 2. The molecule has 1 aliphatic rings. The van der Waals surface area contributed by atoms with Gasteiger partial charge in [-0.2, -0.15) is 5.48 Å². The maximum Gasteiger partial charge on any atom is 0.0763 e. The van der Waals surface area contributed by atoms with E-state index in [1.807, 2.05) is 11.8 Å². The molecule has 82 valence electrons. The van der Waals surface area contributed by atoms with Gasteiger partial charge >= 0.3 is 0 Å². The van der Waals surface area contributed by atoms with Crippen LogP contribution < -0.4 is 10.8 Å². The number of nitrogens with one attached hydrogen (secondary N) is 2. The van der Waals surface area contributed by atoms with Gasteiger partial charge < -0.3 is 10.2 Å². The molecule has 0 saturated heterocycles. The van der Waals surface area contributed by atoms with Crippen molar-refractivity contribution >= 4 is 17.4 Å². The summed E-state index contributed by atoms with van der Waals surface area (Å²) in [4.78, 5) is 6.29. The van der Waals surface area contributed by atoms with Crippen molar-refractivity contribution in [3.63, 3.8) is 0 Å². The maximum absolute atomic E-state index is 4.97. The molecule has 0 saturated carbocycles. The molecule has 0 radical (unpaired) electrons. The first kappa shape index (κ1) is 10.8. The van der Waals surface area contributed by atoms with Gasteiger partial charge in [-0.1, -0.05) is 13.0 Å². The minimum absolute atomic E-state index is 0.269. The third kappa shape index (κ3) is 2.27. The average Bonchev–Trinajstić information content (AvgIpc) is 2.62. The first-order valence-electron chi connectivity index (χ1n) is 5.14. The second kappa shape index (κ2) is 4.88. The van der Waals surface area contributed by atoms with Crippen LogP contribution in [0.25, 0.3) is 0 Å². The molecule has 1 aliphatic heterocycles. The van der Waals surface area contributed by atoms with E-state index in [-0.39, 0.29) is 6.04 Å². The highest BCUT2D eigenvalue weighted by Crippen LogP contribution is 2.33. The fourth-order valence-corrected chi connectivity index (χ4v) is 2.52. The molecule has 1 aromatic carbocycles. The number of benzene rings is 1. The summed E-state index contributed by atoms with van der Waals surface area (Å²) in [5.41, 5.74) is 5.50. The molecule has 1 atom stereocenters. The molecule has 1 aromatic rings. The normalized spacial score (nSPS) is 18.7. The Kier molecular flexibility index (Phi) is 3.51. The Hall–Kier alpha value is -0.710. The van der Waals surface area contributed by atoms with Crippen LogP contribution in [0.15, 0.2) is 23.1 Å². The predicted molar refractivity (Wildman–Crippen MR) is 64.2 cm³/mol. The number of rotatable bonds is 4. The van der Waals surface area contributed by atoms with E-state index in [0.717, 1.165) is 12.3 Å². The van der Waals surface area contributed by atoms with Gasteiger partial charge in [0.05, 0.1) is 13.2 Å². The second-order valence-electron chi connectivity index (χ2n) is 3.44. The molecule has 2 N–H and O–H groups in total. The molecule has 4 heteroatoms. The molecule has 0 amide bonds. The zero-order valence-corrected chi connectivity index (χ0v) is 9.86. The molecule has 0 bridgehead atoms. The standard InChI is InChI=1S/C11H16N2OS/c1-3-15-8-4-5-9-10(6-8)12-7-11(9)13-14-2/h4-6,11-13H,3,7H2,1-2H3. The van der Waals surface area contributed by atoms with Gasteiger partial charge in [-0.05, 0) is 23.4 Å². The van der Waals surface area contributed by atoms with E-state index in [4.69, 9.17) is 4.84 Å². The highest BCUT2D eigenvalue weighted by molar-refractivity contribution is 7.99. The number of anilines is 1. The van der Waals surface area contributed by atoms with Gasteiger partial charge in [-0.15, -0.1) is 11.8 Å². The summed E-state index contributed by atoms with van der Waals surface area (Å²) in [6.45, 7) is 3.06. The van der Waals surface area contributed by atoms with Crippen molar-refractivity contribution in [3.8, 4) is 0 Å². The quantitative estimate of drug-likeness (QED) is 0.608. The molecule has 15 heavy (non-hydrogen) atoms. The molecule has 1 unspecified atom stereocenters. The van der Waals surface area contributed by atoms with E-state index >= 15 is 0 Å². The zero-order valence-electron chi connectivity index (χ0n) is 9.04. The monoisotopic (exact) mass is 224 g/mol. The van der Waals surface area contributed by atoms with Gasteiger partial charge in [0.25, 0.3) is 0 Å². The summed E-state index contributed by atoms with van der Waals surface area (Å²) in [7, 11) is 1.65. The summed E-state index contributed by atoms with van der Waals surface area (Å²) < 4.78 is 0. The van der Waals surface area contributed by atoms with Crippen LogP contribution in [0.4, 0.5) is 5.69 Å². The smallest absolute Gasteiger partial charge is 0.0763 e. The number of thioether (sulfide) groups is 1. The van der Waals surface area contributed by atoms with Crippen LogP contribution in [0.5, 0.6) is 0 Å². The van der Waals surface area contributed by atoms with Crippen LogP contribution in [0.1, 0.15) is 18.5 Å². The fourth-order valence-electron chi connectivity index (χ4n) is 1.82. The summed E-state index contributed by atoms with van der Waals surface area (Å²) in [6.07, 6.45) is 0. The highest BCUT2D eigenvalue weighted by Gasteiger charge is 2.21. The van der Waals surface area contributed by atoms with Gasteiger partial charge in [-0.3, -0.25) is 0 Å². The van der Waals surface area contributed by atoms with Crippen molar-refractivity contribution in [2.45, 2.75) is 17.9 Å². The Morgan fingerprint density at radius 3 is 3.20 bits per heavy atom. The molecule has 0 aliphatic carbocycles. The van der Waals surface area contributed by atoms with Crippen LogP contribution in [0.2, 0.25) is 0 Å². The van der Waals surface area contributed by atoms with Crippen LogP contribution in [-0.4, -0.2) is 19.4 Å². The van der Waals surface area contributed by atoms with Gasteiger partial charge in [-0.25, -0.2) is 0 Å². The highest BCUT2D eigenvalue weighted by atomic mass is 32.2. The SMILES string of the molecule is CCSc1ccc2c(c1)NCC2NOC. The topological polar surface area (TPSA) is 33.3 Å². The summed E-state index contributed by atoms with van der Waals surface area (Å²) >= 11 is 1.86. The van der Waals surface area contributed by atoms with E-state index < -0.39 is 0 Å². The van der Waals surface area contributed by atoms with E-state index in [2.05, 4.69) is 35.9 Å². The summed E-state index contributed by atoms with van der Waals surface area (Å²) in [5, 5.41) is 3.38. The van der Waals surface area contributed by atoms with Gasteiger partial charge in [0, 0.05) is 17.1 Å². The van der Waals surface area contributed by atoms with Gasteiger partial charge in [0.2, 0.25) is 0 Å². The fraction of sp³-hybridized carbons (Fsp3) is 0.455. The number of hydroxylamine groups is 1. The lowest BCUT2D eigenvalue weighted by molar-refractivity contribution is 0.0661. The van der Waals surface area contributed by atoms with E-state index in [1.54, 1.807) is 7.11 Å². The lowest BCUT2D eigenvalue weighted by Gasteiger charge is -2.10. The van der Waals surface area contributed by atoms with E-state index in [0.29, 0.717) is 0 Å². The molecular formula is C11H16N2OS. The van der Waals surface area contributed by atoms with E-state index in [9.17, 15) is 0 Å². The minimum atomic E-state index is 0.269. The van der Waals surface area contributed by atoms with Crippen molar-refractivity contribution in [2.24, 2.45) is 0 Å². The third-order valence-corrected chi connectivity index (χ3v) is 3.34. The van der Waals surface area contributed by atoms with Gasteiger partial charge in [0.1, 0.15) is 0 Å². The molecule has 0 spiro atoms. The Morgan fingerprint density at radius 2 is 2.47 bits per heavy atom. The first-order valence-corrected chi connectivity index (χ1v) is 6.13. The van der Waals surface area contributed by atoms with E-state index in [1.165, 1.54) is 16.1 Å². The number of hydrogen-bond acceptors (Lipinski definition) is 4. The first-order chi connectivity index (χ1) is 7.35. The minimum Gasteiger partial charge on any atom is -0.383 e. The van der Waals surface area contributed by atoms with Crippen molar-refractivity contribution in [2.75, 3.05) is 24.7 Å². The lowest BCUT2D eigenvalue weighted by Crippen LogP contribution is -2.21. The Morgan fingerprint density at radius 1 is 1.60 bits per heavy atom. The van der Waals surface area contributed by atoms with Crippen LogP contribution in [0, 0.1) is 0 Å². The average molecular weight is 224 g/mol. The molecule has 2 rings (SSSR count). The van der Waals surface area contributed by atoms with Crippen LogP contribution >= 0.6 is 11.8 Å². The van der Waals surface area contributed by atoms with Crippen molar-refractivity contribution in [1.82, 2.24) is 5.48 Å². The van der Waals surface area contributed by atoms with Crippen molar-refractivity contribution in [1.29, 1.82) is 0 Å². The Labute approximate surface area is 94.5 Å². The zero-order chi connectivity index (χ0) is 10.7. The van der Waals surface area contributed by atoms with Crippen LogP contribution in [-0.2, 0) is 4.84 Å². The van der Waals surface area contributed by atoms with Crippen LogP contribution in [0.3, 0.4) is 0 Å². The van der Waals surface area contributed by atoms with Crippen molar-refractivity contribution < 1.29 is 4.84 Å². The maximum atomic E-state index is 4.97.